The summed E-state index contributed by atoms with van der Waals surface area (Å²) in [5.41, 5.74) is 0. The molecule has 14 heavy (non-hydrogen) atoms. The van der Waals surface area contributed by atoms with Crippen LogP contribution in [-0.2, 0) is 9.53 Å². The van der Waals surface area contributed by atoms with Crippen molar-refractivity contribution >= 4 is 23.5 Å². The summed E-state index contributed by atoms with van der Waals surface area (Å²) >= 11 is 5.46. The minimum atomic E-state index is -0.531. The molecule has 0 spiro atoms. The maximum atomic E-state index is 11.2. The van der Waals surface area contributed by atoms with Crippen LogP contribution in [0.5, 0.6) is 0 Å². The van der Waals surface area contributed by atoms with E-state index in [-0.39, 0.29) is 17.5 Å². The molecule has 0 radical (unpaired) electrons. The Morgan fingerprint density at radius 2 is 2.29 bits per heavy atom. The van der Waals surface area contributed by atoms with E-state index in [0.29, 0.717) is 0 Å². The third kappa shape index (κ3) is 2.77. The van der Waals surface area contributed by atoms with Gasteiger partial charge in [-0.1, -0.05) is 0 Å². The Labute approximate surface area is 85.0 Å². The molecule has 1 N–H and O–H groups in total. The topological polar surface area (TPSA) is 68.5 Å². The minimum Gasteiger partial charge on any atom is -0.468 e. The third-order valence-electron chi connectivity index (χ3n) is 1.42. The summed E-state index contributed by atoms with van der Waals surface area (Å²) < 4.78 is 9.14. The molecule has 76 valence electrons. The van der Waals surface area contributed by atoms with E-state index in [1.807, 2.05) is 0 Å². The van der Waals surface area contributed by atoms with Crippen molar-refractivity contribution in [3.8, 4) is 0 Å². The van der Waals surface area contributed by atoms with Crippen molar-refractivity contribution in [2.75, 3.05) is 13.7 Å². The zero-order valence-corrected chi connectivity index (χ0v) is 8.13. The molecule has 0 aliphatic rings. The van der Waals surface area contributed by atoms with Gasteiger partial charge >= 0.3 is 5.97 Å². The Kier molecular flexibility index (Phi) is 3.53. The lowest BCUT2D eigenvalue weighted by Gasteiger charge is -2.00. The van der Waals surface area contributed by atoms with Crippen LogP contribution in [-0.4, -0.2) is 25.5 Å². The first-order valence-corrected chi connectivity index (χ1v) is 4.11. The Bertz CT molecular complexity index is 347. The highest BCUT2D eigenvalue weighted by Crippen LogP contribution is 2.12. The van der Waals surface area contributed by atoms with Crippen LogP contribution in [0.15, 0.2) is 16.5 Å². The Hall–Kier alpha value is -1.49. The number of esters is 1. The zero-order chi connectivity index (χ0) is 10.6. The van der Waals surface area contributed by atoms with Crippen molar-refractivity contribution in [1.29, 1.82) is 0 Å². The average molecular weight is 218 g/mol. The van der Waals surface area contributed by atoms with Gasteiger partial charge in [0.15, 0.2) is 11.0 Å². The van der Waals surface area contributed by atoms with Crippen LogP contribution in [0.25, 0.3) is 0 Å². The molecule has 0 aliphatic heterocycles. The number of ether oxygens (including phenoxy) is 1. The second-order valence-corrected chi connectivity index (χ2v) is 2.74. The SMILES string of the molecule is COC(=O)CNC(=O)c1ccc(Cl)o1. The molecule has 1 heterocycles. The van der Waals surface area contributed by atoms with Crippen molar-refractivity contribution < 1.29 is 18.7 Å². The molecule has 0 bridgehead atoms. The number of halogens is 1. The van der Waals surface area contributed by atoms with Gasteiger partial charge in [-0.15, -0.1) is 0 Å². The number of rotatable bonds is 3. The molecule has 0 fully saturated rings. The zero-order valence-electron chi connectivity index (χ0n) is 7.37. The van der Waals surface area contributed by atoms with Gasteiger partial charge in [-0.25, -0.2) is 0 Å². The Morgan fingerprint density at radius 3 is 2.79 bits per heavy atom. The molecule has 0 aromatic carbocycles. The van der Waals surface area contributed by atoms with E-state index < -0.39 is 11.9 Å². The molecule has 1 aromatic heterocycles. The largest absolute Gasteiger partial charge is 0.468 e. The number of hydrogen-bond acceptors (Lipinski definition) is 4. The van der Waals surface area contributed by atoms with E-state index >= 15 is 0 Å². The van der Waals surface area contributed by atoms with Gasteiger partial charge in [-0.3, -0.25) is 9.59 Å². The van der Waals surface area contributed by atoms with Crippen LogP contribution in [0.1, 0.15) is 10.6 Å². The summed E-state index contributed by atoms with van der Waals surface area (Å²) in [7, 11) is 1.23. The fourth-order valence-corrected chi connectivity index (χ4v) is 0.894. The Morgan fingerprint density at radius 1 is 1.57 bits per heavy atom. The monoisotopic (exact) mass is 217 g/mol. The molecule has 0 aliphatic carbocycles. The first kappa shape index (κ1) is 10.6. The first-order chi connectivity index (χ1) is 6.63. The van der Waals surface area contributed by atoms with Crippen molar-refractivity contribution in [2.24, 2.45) is 0 Å². The fraction of sp³-hybridized carbons (Fsp3) is 0.250. The minimum absolute atomic E-state index is 0.0545. The summed E-state index contributed by atoms with van der Waals surface area (Å²) in [6, 6.07) is 2.85. The van der Waals surface area contributed by atoms with E-state index in [0.717, 1.165) is 0 Å². The highest BCUT2D eigenvalue weighted by molar-refractivity contribution is 6.29. The average Bonchev–Trinajstić information content (AvgIpc) is 2.60. The van der Waals surface area contributed by atoms with Crippen molar-refractivity contribution in [3.63, 3.8) is 0 Å². The molecular weight excluding hydrogens is 210 g/mol. The van der Waals surface area contributed by atoms with Crippen LogP contribution in [0.3, 0.4) is 0 Å². The second-order valence-electron chi connectivity index (χ2n) is 2.36. The summed E-state index contributed by atoms with van der Waals surface area (Å²) in [4.78, 5) is 21.9. The van der Waals surface area contributed by atoms with Gasteiger partial charge in [0.2, 0.25) is 0 Å². The second kappa shape index (κ2) is 4.66. The number of nitrogens with one attached hydrogen (secondary N) is 1. The van der Waals surface area contributed by atoms with E-state index in [9.17, 15) is 9.59 Å². The molecule has 6 heteroatoms. The van der Waals surface area contributed by atoms with Gasteiger partial charge in [0.25, 0.3) is 5.91 Å². The standard InChI is InChI=1S/C8H8ClNO4/c1-13-7(11)4-10-8(12)5-2-3-6(9)14-5/h2-3H,4H2,1H3,(H,10,12). The van der Waals surface area contributed by atoms with E-state index in [1.54, 1.807) is 0 Å². The molecule has 1 aromatic rings. The van der Waals surface area contributed by atoms with Crippen molar-refractivity contribution in [2.45, 2.75) is 0 Å². The van der Waals surface area contributed by atoms with E-state index in [4.69, 9.17) is 16.0 Å². The van der Waals surface area contributed by atoms with Crippen molar-refractivity contribution in [1.82, 2.24) is 5.32 Å². The number of hydrogen-bond donors (Lipinski definition) is 1. The molecule has 1 rings (SSSR count). The molecule has 0 saturated heterocycles. The lowest BCUT2D eigenvalue weighted by atomic mass is 10.4. The molecule has 0 atom stereocenters. The highest BCUT2D eigenvalue weighted by Gasteiger charge is 2.11. The smallest absolute Gasteiger partial charge is 0.325 e. The predicted octanol–water partition coefficient (Wildman–Crippen LogP) is 0.836. The number of carbonyl (C=O) groups excluding carboxylic acids is 2. The molecule has 1 amide bonds. The fourth-order valence-electron chi connectivity index (χ4n) is 0.748. The molecule has 5 nitrogen and oxygen atoms in total. The highest BCUT2D eigenvalue weighted by atomic mass is 35.5. The number of furan rings is 1. The lowest BCUT2D eigenvalue weighted by Crippen LogP contribution is -2.29. The van der Waals surface area contributed by atoms with Crippen molar-refractivity contribution in [3.05, 3.63) is 23.1 Å². The third-order valence-corrected chi connectivity index (χ3v) is 1.62. The summed E-state index contributed by atoms with van der Waals surface area (Å²) in [5, 5.41) is 2.42. The molecule has 0 unspecified atom stereocenters. The normalized spacial score (nSPS) is 9.57. The van der Waals surface area contributed by atoms with E-state index in [1.165, 1.54) is 19.2 Å². The quantitative estimate of drug-likeness (QED) is 0.762. The van der Waals surface area contributed by atoms with E-state index in [2.05, 4.69) is 10.1 Å². The summed E-state index contributed by atoms with van der Waals surface area (Å²) in [6.07, 6.45) is 0. The maximum absolute atomic E-state index is 11.2. The number of amides is 1. The van der Waals surface area contributed by atoms with Gasteiger partial charge in [-0.2, -0.15) is 0 Å². The lowest BCUT2D eigenvalue weighted by molar-refractivity contribution is -0.139. The van der Waals surface area contributed by atoms with Gasteiger partial charge in [0.1, 0.15) is 6.54 Å². The molecule has 0 saturated carbocycles. The van der Waals surface area contributed by atoms with Gasteiger partial charge in [-0.05, 0) is 23.7 Å². The number of carbonyl (C=O) groups is 2. The summed E-state index contributed by atoms with van der Waals surface area (Å²) in [6.45, 7) is -0.201. The van der Waals surface area contributed by atoms with Crippen LogP contribution >= 0.6 is 11.6 Å². The first-order valence-electron chi connectivity index (χ1n) is 3.74. The van der Waals surface area contributed by atoms with Gasteiger partial charge in [0, 0.05) is 0 Å². The van der Waals surface area contributed by atoms with Crippen LogP contribution in [0.2, 0.25) is 5.22 Å². The summed E-state index contributed by atoms with van der Waals surface area (Å²) in [5.74, 6) is -0.989. The van der Waals surface area contributed by atoms with Crippen LogP contribution in [0.4, 0.5) is 0 Å². The van der Waals surface area contributed by atoms with Crippen LogP contribution < -0.4 is 5.32 Å². The van der Waals surface area contributed by atoms with Crippen LogP contribution in [0, 0.1) is 0 Å². The van der Waals surface area contributed by atoms with Gasteiger partial charge < -0.3 is 14.5 Å². The number of methoxy groups -OCH3 is 1. The van der Waals surface area contributed by atoms with Gasteiger partial charge in [0.05, 0.1) is 7.11 Å². The molecular formula is C8H8ClNO4. The Balaban J connectivity index is 2.47. The predicted molar refractivity (Wildman–Crippen MR) is 48.1 cm³/mol. The maximum Gasteiger partial charge on any atom is 0.325 e.